The maximum atomic E-state index is 11.9. The van der Waals surface area contributed by atoms with Gasteiger partial charge in [0.1, 0.15) is 17.4 Å². The van der Waals surface area contributed by atoms with Crippen LogP contribution >= 0.6 is 0 Å². The first-order valence-electron chi connectivity index (χ1n) is 7.58. The molecule has 2 rings (SSSR count). The molecule has 7 nitrogen and oxygen atoms in total. The summed E-state index contributed by atoms with van der Waals surface area (Å²) >= 11 is 0. The summed E-state index contributed by atoms with van der Waals surface area (Å²) in [5.41, 5.74) is 0.801. The van der Waals surface area contributed by atoms with Crippen molar-refractivity contribution in [3.8, 4) is 5.75 Å². The highest BCUT2D eigenvalue weighted by Crippen LogP contribution is 2.23. The molecule has 0 saturated heterocycles. The van der Waals surface area contributed by atoms with Gasteiger partial charge in [0.25, 0.3) is 5.91 Å². The van der Waals surface area contributed by atoms with Crippen LogP contribution in [-0.4, -0.2) is 29.1 Å². The maximum Gasteiger partial charge on any atom is 0.336 e. The molecule has 0 radical (unpaired) electrons. The quantitative estimate of drug-likeness (QED) is 0.780. The first-order valence-corrected chi connectivity index (χ1v) is 7.58. The minimum absolute atomic E-state index is 0.351. The number of carbonyl (C=O) groups is 2. The number of hydrogen-bond acceptors (Lipinski definition) is 5. The zero-order chi connectivity index (χ0) is 17.9. The van der Waals surface area contributed by atoms with Crippen molar-refractivity contribution in [2.75, 3.05) is 0 Å². The number of nitrogens with one attached hydrogen (secondary N) is 1. The second-order valence-corrected chi connectivity index (χ2v) is 5.43. The van der Waals surface area contributed by atoms with Gasteiger partial charge in [-0.1, -0.05) is 6.92 Å². The summed E-state index contributed by atoms with van der Waals surface area (Å²) in [5, 5.41) is 11.9. The SMILES string of the molecule is CCc1cc(=O)oc2cc(OC(C)C(=O)NC(C)C(=O)O)ccc12. The van der Waals surface area contributed by atoms with Crippen LogP contribution < -0.4 is 15.7 Å². The van der Waals surface area contributed by atoms with Gasteiger partial charge in [-0.2, -0.15) is 0 Å². The van der Waals surface area contributed by atoms with E-state index < -0.39 is 29.6 Å². The molecular formula is C17H19NO6. The molecule has 1 aromatic carbocycles. The standard InChI is InChI=1S/C17H19NO6/c1-4-11-7-15(19)24-14-8-12(5-6-13(11)14)23-10(3)16(20)18-9(2)17(21)22/h5-10H,4H2,1-3H3,(H,18,20)(H,21,22). The molecule has 0 spiro atoms. The molecule has 0 aliphatic heterocycles. The molecule has 1 heterocycles. The van der Waals surface area contributed by atoms with E-state index in [4.69, 9.17) is 14.3 Å². The number of amides is 1. The Kier molecular flexibility index (Phi) is 5.23. The number of fused-ring (bicyclic) bond motifs is 1. The van der Waals surface area contributed by atoms with Crippen LogP contribution in [0.5, 0.6) is 5.75 Å². The Balaban J connectivity index is 2.19. The molecule has 2 N–H and O–H groups in total. The van der Waals surface area contributed by atoms with Crippen molar-refractivity contribution >= 4 is 22.8 Å². The molecule has 24 heavy (non-hydrogen) atoms. The summed E-state index contributed by atoms with van der Waals surface area (Å²) in [4.78, 5) is 34.2. The van der Waals surface area contributed by atoms with Crippen molar-refractivity contribution in [2.45, 2.75) is 39.3 Å². The lowest BCUT2D eigenvalue weighted by Gasteiger charge is -2.16. The van der Waals surface area contributed by atoms with Gasteiger partial charge in [0.2, 0.25) is 0 Å². The number of rotatable bonds is 6. The Hall–Kier alpha value is -2.83. The van der Waals surface area contributed by atoms with Crippen LogP contribution in [0.1, 0.15) is 26.3 Å². The molecule has 128 valence electrons. The molecule has 2 aromatic rings. The zero-order valence-electron chi connectivity index (χ0n) is 13.7. The molecule has 1 aromatic heterocycles. The second-order valence-electron chi connectivity index (χ2n) is 5.43. The first kappa shape index (κ1) is 17.5. The minimum atomic E-state index is -1.13. The molecule has 0 aliphatic rings. The van der Waals surface area contributed by atoms with Crippen molar-refractivity contribution in [3.63, 3.8) is 0 Å². The van der Waals surface area contributed by atoms with E-state index in [0.29, 0.717) is 17.8 Å². The topological polar surface area (TPSA) is 106 Å². The summed E-state index contributed by atoms with van der Waals surface area (Å²) in [6.07, 6.45) is -0.209. The predicted molar refractivity (Wildman–Crippen MR) is 87.2 cm³/mol. The number of carbonyl (C=O) groups excluding carboxylic acids is 1. The van der Waals surface area contributed by atoms with Crippen LogP contribution in [0, 0.1) is 0 Å². The molecule has 0 aliphatic carbocycles. The largest absolute Gasteiger partial charge is 0.481 e. The lowest BCUT2D eigenvalue weighted by Crippen LogP contribution is -2.44. The monoisotopic (exact) mass is 333 g/mol. The van der Waals surface area contributed by atoms with Gasteiger partial charge in [-0.3, -0.25) is 9.59 Å². The van der Waals surface area contributed by atoms with Crippen molar-refractivity contribution in [2.24, 2.45) is 0 Å². The molecule has 0 saturated carbocycles. The number of benzene rings is 1. The Morgan fingerprint density at radius 2 is 2.00 bits per heavy atom. The van der Waals surface area contributed by atoms with Crippen LogP contribution in [0.4, 0.5) is 0 Å². The van der Waals surface area contributed by atoms with E-state index in [1.165, 1.54) is 19.9 Å². The number of carboxylic acid groups (broad SMARTS) is 1. The van der Waals surface area contributed by atoms with E-state index in [1.54, 1.807) is 18.2 Å². The van der Waals surface area contributed by atoms with Crippen LogP contribution in [-0.2, 0) is 16.0 Å². The van der Waals surface area contributed by atoms with Crippen LogP contribution in [0.2, 0.25) is 0 Å². The molecule has 7 heteroatoms. The second kappa shape index (κ2) is 7.16. The highest BCUT2D eigenvalue weighted by Gasteiger charge is 2.20. The van der Waals surface area contributed by atoms with E-state index in [1.807, 2.05) is 6.92 Å². The lowest BCUT2D eigenvalue weighted by molar-refractivity contribution is -0.142. The van der Waals surface area contributed by atoms with Crippen molar-refractivity contribution in [1.29, 1.82) is 0 Å². The molecular weight excluding hydrogens is 314 g/mol. The lowest BCUT2D eigenvalue weighted by atomic mass is 10.1. The zero-order valence-corrected chi connectivity index (χ0v) is 13.7. The summed E-state index contributed by atoms with van der Waals surface area (Å²) in [7, 11) is 0. The Labute approximate surface area is 138 Å². The maximum absolute atomic E-state index is 11.9. The van der Waals surface area contributed by atoms with Crippen molar-refractivity contribution in [3.05, 3.63) is 40.2 Å². The van der Waals surface area contributed by atoms with E-state index in [-0.39, 0.29) is 0 Å². The molecule has 0 bridgehead atoms. The average molecular weight is 333 g/mol. The number of ether oxygens (including phenoxy) is 1. The third-order valence-corrected chi connectivity index (χ3v) is 3.59. The average Bonchev–Trinajstić information content (AvgIpc) is 2.53. The predicted octanol–water partition coefficient (Wildman–Crippen LogP) is 1.71. The number of hydrogen-bond donors (Lipinski definition) is 2. The van der Waals surface area contributed by atoms with Gasteiger partial charge >= 0.3 is 11.6 Å². The van der Waals surface area contributed by atoms with Gasteiger partial charge in [-0.25, -0.2) is 4.79 Å². The summed E-state index contributed by atoms with van der Waals surface area (Å²) < 4.78 is 10.7. The van der Waals surface area contributed by atoms with Gasteiger partial charge in [0.05, 0.1) is 0 Å². The smallest absolute Gasteiger partial charge is 0.336 e. The van der Waals surface area contributed by atoms with Gasteiger partial charge in [-0.05, 0) is 38.0 Å². The van der Waals surface area contributed by atoms with Crippen LogP contribution in [0.15, 0.2) is 33.5 Å². The van der Waals surface area contributed by atoms with Gasteiger partial charge < -0.3 is 19.6 Å². The normalized spacial score (nSPS) is 13.3. The third kappa shape index (κ3) is 3.92. The van der Waals surface area contributed by atoms with Crippen molar-refractivity contribution < 1.29 is 23.8 Å². The summed E-state index contributed by atoms with van der Waals surface area (Å²) in [6.45, 7) is 4.81. The number of aryl methyl sites for hydroxylation is 1. The van der Waals surface area contributed by atoms with E-state index in [0.717, 1.165) is 10.9 Å². The van der Waals surface area contributed by atoms with E-state index in [9.17, 15) is 14.4 Å². The van der Waals surface area contributed by atoms with Gasteiger partial charge in [0.15, 0.2) is 6.10 Å². The van der Waals surface area contributed by atoms with Gasteiger partial charge in [-0.15, -0.1) is 0 Å². The molecule has 2 unspecified atom stereocenters. The summed E-state index contributed by atoms with van der Waals surface area (Å²) in [6, 6.07) is 5.42. The fourth-order valence-corrected chi connectivity index (χ4v) is 2.23. The Morgan fingerprint density at radius 1 is 1.29 bits per heavy atom. The van der Waals surface area contributed by atoms with Crippen LogP contribution in [0.25, 0.3) is 11.0 Å². The third-order valence-electron chi connectivity index (χ3n) is 3.59. The number of carboxylic acids is 1. The molecule has 1 amide bonds. The molecule has 2 atom stereocenters. The molecule has 0 fully saturated rings. The van der Waals surface area contributed by atoms with E-state index in [2.05, 4.69) is 5.32 Å². The first-order chi connectivity index (χ1) is 11.3. The highest BCUT2D eigenvalue weighted by molar-refractivity contribution is 5.86. The minimum Gasteiger partial charge on any atom is -0.481 e. The van der Waals surface area contributed by atoms with Crippen molar-refractivity contribution in [1.82, 2.24) is 5.32 Å². The Bertz CT molecular complexity index is 825. The Morgan fingerprint density at radius 3 is 2.62 bits per heavy atom. The number of aliphatic carboxylic acids is 1. The fourth-order valence-electron chi connectivity index (χ4n) is 2.23. The fraction of sp³-hybridized carbons (Fsp3) is 0.353. The van der Waals surface area contributed by atoms with Gasteiger partial charge in [0, 0.05) is 17.5 Å². The highest BCUT2D eigenvalue weighted by atomic mass is 16.5. The summed E-state index contributed by atoms with van der Waals surface area (Å²) in [5.74, 6) is -1.33. The van der Waals surface area contributed by atoms with E-state index >= 15 is 0 Å². The van der Waals surface area contributed by atoms with Crippen LogP contribution in [0.3, 0.4) is 0 Å².